The van der Waals surface area contributed by atoms with Crippen LogP contribution in [0.15, 0.2) is 139 Å². The molecule has 5 N–H and O–H groups in total. The molecule has 7 aliphatic rings. The third-order valence-corrected chi connectivity index (χ3v) is 23.3. The van der Waals surface area contributed by atoms with E-state index in [9.17, 15) is 19.8 Å². The van der Waals surface area contributed by atoms with Gasteiger partial charge in [-0.15, -0.1) is 0 Å². The second-order valence-corrected chi connectivity index (χ2v) is 28.7. The zero-order valence-electron chi connectivity index (χ0n) is 58.2. The van der Waals surface area contributed by atoms with Crippen LogP contribution in [0.2, 0.25) is 5.02 Å². The van der Waals surface area contributed by atoms with Gasteiger partial charge in [-0.25, -0.2) is 19.7 Å². The molecular weight excluding hydrogens is 1280 g/mol. The number of piperidine rings is 1. The first-order valence-corrected chi connectivity index (χ1v) is 35.2. The standard InChI is InChI=1S/C46H58N4O9.C21H26ClNO.C10H9N5O/c1-8-42(54)23-28-24-45(40(52)57-6,36-30(15-19-49(25-28)26-42)29-13-10-11-14-33(29)47-36)32-21-31-34(22-35(32)56-5)48(4)38-44(31)17-20-50-18-12-16-43(9-2,37(44)50)39(59-27(3)51)46(38,55)41(53)58-7;1-21(17-7-4-3-5-8-17,18-10-12-19(22)13-11-18)24-16-14-20-9-6-15-23(20)2;1-2-7(16-3-1)4-11-9-8-10(13-5-12-8)15-6-14-9/h10-14,16,21-22,28,37-39,47,54-55H,8-9,15,17-20,23-26H2,1-7H3;3-5,7-8,10-13,20H,6,9,14-16H2,1-2H3;1-3,5-6H,4H2,(H2,11,12,13,14,15)/t28-,37-,38+,39+,42-,43+,44+,45-,46-;20-,21-;/m01./s1. The predicted molar refractivity (Wildman–Crippen MR) is 379 cm³/mol. The summed E-state index contributed by atoms with van der Waals surface area (Å²) in [7, 11) is 8.37. The lowest BCUT2D eigenvalue weighted by molar-refractivity contribution is -0.228. The number of carbonyl (C=O) groups excluding carboxylic acids is 3. The van der Waals surface area contributed by atoms with Gasteiger partial charge >= 0.3 is 17.9 Å². The first kappa shape index (κ1) is 69.3. The summed E-state index contributed by atoms with van der Waals surface area (Å²) in [6.07, 6.45) is 14.3. The van der Waals surface area contributed by atoms with Crippen LogP contribution in [-0.2, 0) is 62.7 Å². The Kier molecular flexibility index (Phi) is 19.4. The molecule has 22 heteroatoms. The number of imidazole rings is 1. The van der Waals surface area contributed by atoms with Gasteiger partial charge in [0.2, 0.25) is 5.60 Å². The van der Waals surface area contributed by atoms with Gasteiger partial charge in [0.15, 0.2) is 17.6 Å². The zero-order valence-corrected chi connectivity index (χ0v) is 58.9. The van der Waals surface area contributed by atoms with Crippen LogP contribution in [0.1, 0.15) is 118 Å². The minimum Gasteiger partial charge on any atom is -0.496 e. The number of nitrogens with one attached hydrogen (secondary N) is 3. The van der Waals surface area contributed by atoms with Crippen LogP contribution in [0.25, 0.3) is 22.1 Å². The Hall–Kier alpha value is -8.15. The number of rotatable bonds is 16. The normalized spacial score (nSPS) is 28.8. The number of fused-ring (bicyclic) bond motifs is 7. The third kappa shape index (κ3) is 12.0. The Morgan fingerprint density at radius 3 is 2.33 bits per heavy atom. The maximum absolute atomic E-state index is 15.3. The lowest BCUT2D eigenvalue weighted by atomic mass is 9.47. The van der Waals surface area contributed by atoms with Gasteiger partial charge in [0, 0.05) is 109 Å². The van der Waals surface area contributed by atoms with E-state index in [0.29, 0.717) is 101 Å². The minimum atomic E-state index is -2.30. The third-order valence-electron chi connectivity index (χ3n) is 23.1. The van der Waals surface area contributed by atoms with Crippen LogP contribution in [0.4, 0.5) is 11.5 Å². The summed E-state index contributed by atoms with van der Waals surface area (Å²) < 4.78 is 35.6. The number of para-hydroxylation sites is 1. The predicted octanol–water partition coefficient (Wildman–Crippen LogP) is 10.7. The number of benzene rings is 4. The molecule has 12 atom stereocenters. The summed E-state index contributed by atoms with van der Waals surface area (Å²) in [5.74, 6) is 0.0114. The molecule has 3 saturated heterocycles. The first-order valence-electron chi connectivity index (χ1n) is 34.8. The van der Waals surface area contributed by atoms with Gasteiger partial charge in [0.25, 0.3) is 0 Å². The molecule has 4 aromatic carbocycles. The monoisotopic (exact) mass is 1370 g/mol. The van der Waals surface area contributed by atoms with Crippen molar-refractivity contribution in [3.63, 3.8) is 0 Å². The minimum absolute atomic E-state index is 0.0986. The Labute approximate surface area is 583 Å². The first-order chi connectivity index (χ1) is 47.7. The highest BCUT2D eigenvalue weighted by atomic mass is 35.5. The summed E-state index contributed by atoms with van der Waals surface area (Å²) >= 11 is 6.07. The molecule has 8 aromatic rings. The number of likely N-dealkylation sites (tertiary alicyclic amines) is 1. The molecule has 524 valence electrons. The van der Waals surface area contributed by atoms with Crippen LogP contribution in [0, 0.1) is 11.3 Å². The molecule has 99 heavy (non-hydrogen) atoms. The van der Waals surface area contributed by atoms with E-state index in [1.165, 1.54) is 52.4 Å². The highest BCUT2D eigenvalue weighted by Crippen LogP contribution is 2.68. The second-order valence-electron chi connectivity index (χ2n) is 28.3. The number of hydrogen-bond acceptors (Lipinski definition) is 19. The van der Waals surface area contributed by atoms with Crippen LogP contribution in [-0.4, -0.2) is 184 Å². The molecule has 0 radical (unpaired) electrons. The van der Waals surface area contributed by atoms with Gasteiger partial charge in [-0.2, -0.15) is 0 Å². The van der Waals surface area contributed by atoms with Crippen molar-refractivity contribution < 1.29 is 52.7 Å². The molecule has 1 spiro atoms. The van der Waals surface area contributed by atoms with Gasteiger partial charge < -0.3 is 63.4 Å². The fourth-order valence-electron chi connectivity index (χ4n) is 18.6. The fraction of sp³-hybridized carbons (Fsp3) is 0.481. The number of nitrogens with zero attached hydrogens (tertiary/aromatic N) is 7. The van der Waals surface area contributed by atoms with Crippen molar-refractivity contribution in [2.45, 2.75) is 144 Å². The Morgan fingerprint density at radius 1 is 0.859 bits per heavy atom. The molecule has 10 heterocycles. The molecular formula is C77H93ClN10O11. The molecule has 4 fully saturated rings. The maximum atomic E-state index is 15.3. The van der Waals surface area contributed by atoms with Crippen LogP contribution in [0.5, 0.6) is 5.75 Å². The lowest BCUT2D eigenvalue weighted by Crippen LogP contribution is -2.81. The number of aromatic amines is 2. The maximum Gasteiger partial charge on any atom is 0.344 e. The molecule has 15 rings (SSSR count). The summed E-state index contributed by atoms with van der Waals surface area (Å²) in [6.45, 7) is 13.3. The number of esters is 3. The van der Waals surface area contributed by atoms with Crippen molar-refractivity contribution in [1.82, 2.24) is 39.6 Å². The lowest BCUT2D eigenvalue weighted by Gasteiger charge is -2.63. The topological polar surface area (TPSA) is 246 Å². The van der Waals surface area contributed by atoms with Crippen molar-refractivity contribution in [2.75, 3.05) is 91.5 Å². The number of aromatic nitrogens is 5. The van der Waals surface area contributed by atoms with Gasteiger partial charge in [0.05, 0.1) is 52.1 Å². The van der Waals surface area contributed by atoms with E-state index in [4.69, 9.17) is 39.7 Å². The van der Waals surface area contributed by atoms with Crippen molar-refractivity contribution in [2.24, 2.45) is 11.3 Å². The number of anilines is 2. The van der Waals surface area contributed by atoms with Gasteiger partial charge in [-0.3, -0.25) is 19.4 Å². The Morgan fingerprint density at radius 2 is 1.63 bits per heavy atom. The Bertz CT molecular complexity index is 4250. The highest BCUT2D eigenvalue weighted by Gasteiger charge is 2.80. The number of halogens is 1. The number of furan rings is 1. The number of H-pyrrole nitrogens is 2. The largest absolute Gasteiger partial charge is 0.496 e. The van der Waals surface area contributed by atoms with Crippen molar-refractivity contribution in [1.29, 1.82) is 0 Å². The average Bonchev–Trinajstić information content (AvgIpc) is 1.51. The van der Waals surface area contributed by atoms with Gasteiger partial charge in [-0.1, -0.05) is 98.3 Å². The molecule has 1 aliphatic carbocycles. The number of hydrogen-bond donors (Lipinski definition) is 5. The molecule has 4 aromatic heterocycles. The van der Waals surface area contributed by atoms with Crippen LogP contribution >= 0.6 is 11.6 Å². The van der Waals surface area contributed by atoms with E-state index < -0.39 is 63.1 Å². The quantitative estimate of drug-likeness (QED) is 0.0343. The van der Waals surface area contributed by atoms with E-state index >= 15 is 4.79 Å². The van der Waals surface area contributed by atoms with E-state index in [1.54, 1.807) is 19.7 Å². The van der Waals surface area contributed by atoms with Gasteiger partial charge in [0.1, 0.15) is 34.4 Å². The molecule has 21 nitrogen and oxygen atoms in total. The summed E-state index contributed by atoms with van der Waals surface area (Å²) in [5, 5.41) is 30.2. The average molecular weight is 1370 g/mol. The molecule has 6 aliphatic heterocycles. The fourth-order valence-corrected chi connectivity index (χ4v) is 18.7. The van der Waals surface area contributed by atoms with Crippen LogP contribution < -0.4 is 15.0 Å². The van der Waals surface area contributed by atoms with E-state index in [2.05, 4.69) is 120 Å². The Balaban J connectivity index is 0.000000177. The van der Waals surface area contributed by atoms with E-state index in [-0.39, 0.29) is 12.0 Å². The molecule has 2 bridgehead atoms. The van der Waals surface area contributed by atoms with Crippen molar-refractivity contribution in [3.05, 3.63) is 178 Å². The highest BCUT2D eigenvalue weighted by molar-refractivity contribution is 6.30. The SMILES string of the molecule is CC[C@]1(O)C[C@@H]2CN(CCc3c([nH]c4ccccc34)[C@@](C(=O)OC)(c3cc4c(cc3OC)N(C)[C@H]3[C@@](O)(C(=O)OC)[C@H](OC(C)=O)[C@]5(CC)C=CCN6CC[C@]43[C@@H]65)C2)C1.CN1CCC[C@@H]1CCO[C@](C)(c1ccccc1)c1ccc(Cl)cc1.c1coc(CNc2ncnc3nc[nH]c23)c1. The molecule has 0 amide bonds. The number of ether oxygens (including phenoxy) is 5. The van der Waals surface area contributed by atoms with Crippen molar-refractivity contribution >= 4 is 63.1 Å². The number of aliphatic hydroxyl groups is 2. The van der Waals surface area contributed by atoms with Crippen molar-refractivity contribution in [3.8, 4) is 5.75 Å². The summed E-state index contributed by atoms with van der Waals surface area (Å²) in [6, 6.07) is 33.8. The molecule has 1 saturated carbocycles. The smallest absolute Gasteiger partial charge is 0.344 e. The summed E-state index contributed by atoms with van der Waals surface area (Å²) in [4.78, 5) is 70.8. The van der Waals surface area contributed by atoms with Crippen LogP contribution in [0.3, 0.4) is 0 Å². The zero-order chi connectivity index (χ0) is 69.7. The number of methoxy groups -OCH3 is 3. The van der Waals surface area contributed by atoms with E-state index in [1.807, 2.05) is 80.4 Å². The second kappa shape index (κ2) is 27.8. The molecule has 1 unspecified atom stereocenters. The van der Waals surface area contributed by atoms with E-state index in [0.717, 1.165) is 74.1 Å². The van der Waals surface area contributed by atoms with Gasteiger partial charge in [-0.05, 0) is 149 Å². The number of likely N-dealkylation sites (N-methyl/N-ethyl adjacent to an activating group) is 1. The number of carbonyl (C=O) groups is 3. The summed E-state index contributed by atoms with van der Waals surface area (Å²) in [5.41, 5.74) is 1.68.